The summed E-state index contributed by atoms with van der Waals surface area (Å²) in [6, 6.07) is 6.51. The van der Waals surface area contributed by atoms with Gasteiger partial charge in [-0.2, -0.15) is 9.49 Å². The van der Waals surface area contributed by atoms with Crippen LogP contribution < -0.4 is 11.1 Å². The molecule has 1 aliphatic rings. The number of hydrogen-bond acceptors (Lipinski definition) is 5. The number of amides is 1. The van der Waals surface area contributed by atoms with E-state index in [9.17, 15) is 18.0 Å². The monoisotopic (exact) mass is 485 g/mol. The molecule has 1 heterocycles. The quantitative estimate of drug-likeness (QED) is 0.342. The second-order valence-electron chi connectivity index (χ2n) is 8.81. The van der Waals surface area contributed by atoms with E-state index in [4.69, 9.17) is 15.9 Å². The van der Waals surface area contributed by atoms with Crippen molar-refractivity contribution < 1.29 is 23.1 Å². The lowest BCUT2D eigenvalue weighted by Gasteiger charge is -2.28. The van der Waals surface area contributed by atoms with Crippen LogP contribution in [-0.4, -0.2) is 33.6 Å². The molecule has 0 bridgehead atoms. The number of halogens is 3. The van der Waals surface area contributed by atoms with Crippen molar-refractivity contribution in [3.63, 3.8) is 0 Å². The highest BCUT2D eigenvalue weighted by Crippen LogP contribution is 2.33. The van der Waals surface area contributed by atoms with Gasteiger partial charge < -0.3 is 16.2 Å². The van der Waals surface area contributed by atoms with Gasteiger partial charge >= 0.3 is 0 Å². The highest BCUT2D eigenvalue weighted by Gasteiger charge is 2.26. The van der Waals surface area contributed by atoms with E-state index in [1.165, 1.54) is 0 Å². The Kier molecular flexibility index (Phi) is 7.09. The molecule has 4 N–H and O–H groups in total. The van der Waals surface area contributed by atoms with E-state index < -0.39 is 34.7 Å². The summed E-state index contributed by atoms with van der Waals surface area (Å²) in [5, 5.41) is 17.4. The number of aliphatic imine (C=N–C) groups is 1. The Balaban J connectivity index is 1.34. The van der Waals surface area contributed by atoms with Crippen LogP contribution in [0.4, 0.5) is 18.9 Å². The van der Waals surface area contributed by atoms with Gasteiger partial charge in [-0.1, -0.05) is 0 Å². The molecule has 7 nitrogen and oxygen atoms in total. The van der Waals surface area contributed by atoms with Crippen molar-refractivity contribution >= 4 is 28.7 Å². The molecule has 0 radical (unpaired) electrons. The first-order valence-electron chi connectivity index (χ1n) is 11.3. The number of benzene rings is 2. The third kappa shape index (κ3) is 5.47. The second kappa shape index (κ2) is 10.2. The summed E-state index contributed by atoms with van der Waals surface area (Å²) in [5.74, 6) is -6.94. The van der Waals surface area contributed by atoms with E-state index in [-0.39, 0.29) is 18.5 Å². The Morgan fingerprint density at radius 3 is 2.69 bits per heavy atom. The maximum atomic E-state index is 13.9. The first-order chi connectivity index (χ1) is 16.7. The van der Waals surface area contributed by atoms with Crippen molar-refractivity contribution in [3.05, 3.63) is 65.3 Å². The van der Waals surface area contributed by atoms with Crippen LogP contribution in [0.5, 0.6) is 5.75 Å². The standard InChI is InChI=1S/C25H26F3N5O2/c1-14(29)8-9-30-17-5-4-16-13-33(32-21(16)10-17)18-6-2-15(3-7-18)12-31-25(35)19-11-20(26)24(34)23(28)22(19)27/h4-5,8-11,13,15,18,34H,2-3,6-7,12,29H2,1H3,(H,31,35). The molecule has 184 valence electrons. The Morgan fingerprint density at radius 2 is 1.97 bits per heavy atom. The average molecular weight is 486 g/mol. The van der Waals surface area contributed by atoms with Crippen molar-refractivity contribution in [3.8, 4) is 5.75 Å². The molecule has 1 aromatic heterocycles. The van der Waals surface area contributed by atoms with Crippen LogP contribution in [0.2, 0.25) is 0 Å². The lowest BCUT2D eigenvalue weighted by Crippen LogP contribution is -2.32. The van der Waals surface area contributed by atoms with Crippen LogP contribution in [-0.2, 0) is 0 Å². The minimum Gasteiger partial charge on any atom is -0.503 e. The third-order valence-corrected chi connectivity index (χ3v) is 6.19. The maximum Gasteiger partial charge on any atom is 0.254 e. The predicted octanol–water partition coefficient (Wildman–Crippen LogP) is 4.89. The maximum absolute atomic E-state index is 13.9. The molecule has 0 aliphatic heterocycles. The minimum absolute atomic E-state index is 0.148. The number of aromatic nitrogens is 2. The van der Waals surface area contributed by atoms with Gasteiger partial charge in [-0.15, -0.1) is 0 Å². The smallest absolute Gasteiger partial charge is 0.254 e. The van der Waals surface area contributed by atoms with Gasteiger partial charge in [-0.3, -0.25) is 14.5 Å². The lowest BCUT2D eigenvalue weighted by atomic mass is 9.86. The molecular formula is C25H26F3N5O2. The lowest BCUT2D eigenvalue weighted by molar-refractivity contribution is 0.0935. The van der Waals surface area contributed by atoms with Crippen molar-refractivity contribution in [2.45, 2.75) is 38.6 Å². The summed E-state index contributed by atoms with van der Waals surface area (Å²) in [4.78, 5) is 16.6. The van der Waals surface area contributed by atoms with Gasteiger partial charge in [0.1, 0.15) is 0 Å². The number of phenols is 1. The third-order valence-electron chi connectivity index (χ3n) is 6.19. The van der Waals surface area contributed by atoms with E-state index in [0.717, 1.165) is 42.3 Å². The molecule has 10 heteroatoms. The number of fused-ring (bicyclic) bond motifs is 1. The second-order valence-corrected chi connectivity index (χ2v) is 8.81. The highest BCUT2D eigenvalue weighted by atomic mass is 19.2. The number of nitrogens with two attached hydrogens (primary N) is 1. The average Bonchev–Trinajstić information content (AvgIpc) is 3.27. The Bertz CT molecular complexity index is 1310. The fourth-order valence-corrected chi connectivity index (χ4v) is 4.23. The molecule has 1 aliphatic carbocycles. The van der Waals surface area contributed by atoms with E-state index in [1.54, 1.807) is 19.2 Å². The number of phenolic OH excluding ortho intramolecular Hbond substituents is 1. The van der Waals surface area contributed by atoms with Crippen LogP contribution >= 0.6 is 0 Å². The van der Waals surface area contributed by atoms with Crippen molar-refractivity contribution in [1.82, 2.24) is 15.1 Å². The Hall–Kier alpha value is -3.82. The Morgan fingerprint density at radius 1 is 1.23 bits per heavy atom. The van der Waals surface area contributed by atoms with Crippen LogP contribution in [0.25, 0.3) is 10.9 Å². The molecule has 0 saturated heterocycles. The Labute approximate surface area is 200 Å². The largest absolute Gasteiger partial charge is 0.503 e. The fourth-order valence-electron chi connectivity index (χ4n) is 4.23. The molecule has 0 spiro atoms. The molecule has 35 heavy (non-hydrogen) atoms. The van der Waals surface area contributed by atoms with Gasteiger partial charge in [0.15, 0.2) is 17.4 Å². The number of rotatable bonds is 6. The number of hydrogen-bond donors (Lipinski definition) is 3. The predicted molar refractivity (Wildman–Crippen MR) is 127 cm³/mol. The molecule has 2 aromatic carbocycles. The highest BCUT2D eigenvalue weighted by molar-refractivity contribution is 5.94. The zero-order valence-corrected chi connectivity index (χ0v) is 19.1. The fraction of sp³-hybridized carbons (Fsp3) is 0.320. The number of carbonyl (C=O) groups excluding carboxylic acids is 1. The normalized spacial score (nSPS) is 18.9. The molecule has 1 saturated carbocycles. The van der Waals surface area contributed by atoms with Gasteiger partial charge in [0.25, 0.3) is 5.91 Å². The SMILES string of the molecule is CC(N)=CC=Nc1ccc2cn(C3CCC(CNC(=O)c4cc(F)c(O)c(F)c4F)CC3)nc2c1. The van der Waals surface area contributed by atoms with Crippen LogP contribution in [0.3, 0.4) is 0 Å². The molecule has 0 unspecified atom stereocenters. The first-order valence-corrected chi connectivity index (χ1v) is 11.3. The zero-order chi connectivity index (χ0) is 25.1. The van der Waals surface area contributed by atoms with Gasteiger partial charge in [-0.05, 0) is 68.9 Å². The molecular weight excluding hydrogens is 459 g/mol. The first kappa shape index (κ1) is 24.3. The molecule has 3 aromatic rings. The summed E-state index contributed by atoms with van der Waals surface area (Å²) in [5.41, 5.74) is 7.14. The van der Waals surface area contributed by atoms with Crippen molar-refractivity contribution in [1.29, 1.82) is 0 Å². The topological polar surface area (TPSA) is 106 Å². The van der Waals surface area contributed by atoms with E-state index in [2.05, 4.69) is 10.3 Å². The molecule has 1 fully saturated rings. The number of aromatic hydroxyl groups is 1. The van der Waals surface area contributed by atoms with Gasteiger partial charge in [-0.25, -0.2) is 8.78 Å². The van der Waals surface area contributed by atoms with E-state index >= 15 is 0 Å². The molecule has 4 rings (SSSR count). The van der Waals surface area contributed by atoms with Gasteiger partial charge in [0.05, 0.1) is 22.8 Å². The summed E-state index contributed by atoms with van der Waals surface area (Å²) >= 11 is 0. The number of carbonyl (C=O) groups is 1. The van der Waals surface area contributed by atoms with Crippen LogP contribution in [0.15, 0.2) is 47.2 Å². The zero-order valence-electron chi connectivity index (χ0n) is 19.1. The summed E-state index contributed by atoms with van der Waals surface area (Å²) in [7, 11) is 0. The van der Waals surface area contributed by atoms with Gasteiger partial charge in [0, 0.05) is 30.0 Å². The molecule has 1 amide bonds. The van der Waals surface area contributed by atoms with Crippen LogP contribution in [0.1, 0.15) is 49.0 Å². The minimum atomic E-state index is -1.77. The van der Waals surface area contributed by atoms with Crippen molar-refractivity contribution in [2.75, 3.05) is 6.54 Å². The van der Waals surface area contributed by atoms with E-state index in [1.807, 2.05) is 29.1 Å². The molecule has 0 atom stereocenters. The summed E-state index contributed by atoms with van der Waals surface area (Å²) < 4.78 is 42.9. The van der Waals surface area contributed by atoms with E-state index in [0.29, 0.717) is 11.8 Å². The van der Waals surface area contributed by atoms with Gasteiger partial charge in [0.2, 0.25) is 5.82 Å². The van der Waals surface area contributed by atoms with Crippen molar-refractivity contribution in [2.24, 2.45) is 16.6 Å². The van der Waals surface area contributed by atoms with Crippen LogP contribution in [0, 0.1) is 23.4 Å². The number of nitrogens with zero attached hydrogens (tertiary/aromatic N) is 3. The summed E-state index contributed by atoms with van der Waals surface area (Å²) in [6.07, 6.45) is 8.69. The number of allylic oxidation sites excluding steroid dienone is 2. The number of nitrogens with one attached hydrogen (secondary N) is 1. The summed E-state index contributed by atoms with van der Waals surface area (Å²) in [6.45, 7) is 2.05.